The lowest BCUT2D eigenvalue weighted by Crippen LogP contribution is -2.37. The van der Waals surface area contributed by atoms with Gasteiger partial charge >= 0.3 is 5.97 Å². The van der Waals surface area contributed by atoms with Gasteiger partial charge in [0, 0.05) is 12.3 Å². The zero-order valence-electron chi connectivity index (χ0n) is 9.76. The van der Waals surface area contributed by atoms with Gasteiger partial charge in [-0.25, -0.2) is 4.98 Å². The number of aryl methyl sites for hydroxylation is 1. The molecule has 0 amide bonds. The van der Waals surface area contributed by atoms with Crippen molar-refractivity contribution in [2.75, 3.05) is 18.8 Å². The summed E-state index contributed by atoms with van der Waals surface area (Å²) in [6.07, 6.45) is 3.68. The van der Waals surface area contributed by atoms with Gasteiger partial charge in [0.15, 0.2) is 0 Å². The van der Waals surface area contributed by atoms with Crippen LogP contribution in [0, 0.1) is 6.92 Å². The van der Waals surface area contributed by atoms with Crippen molar-refractivity contribution >= 4 is 29.1 Å². The topological polar surface area (TPSA) is 53.4 Å². The Hall–Kier alpha value is -0.590. The van der Waals surface area contributed by atoms with Crippen molar-refractivity contribution in [2.24, 2.45) is 0 Å². The van der Waals surface area contributed by atoms with Gasteiger partial charge in [-0.2, -0.15) is 0 Å². The van der Waals surface area contributed by atoms with Crippen LogP contribution >= 0.6 is 23.1 Å². The van der Waals surface area contributed by atoms with E-state index in [0.29, 0.717) is 0 Å². The third-order valence-electron chi connectivity index (χ3n) is 2.87. The molecule has 1 aromatic rings. The van der Waals surface area contributed by atoms with Crippen LogP contribution in [0.3, 0.4) is 0 Å². The second-order valence-corrected chi connectivity index (χ2v) is 6.71. The zero-order chi connectivity index (χ0) is 12.3. The molecule has 0 spiro atoms. The maximum absolute atomic E-state index is 11.0. The van der Waals surface area contributed by atoms with E-state index in [1.54, 1.807) is 23.1 Å². The maximum Gasteiger partial charge on any atom is 0.320 e. The summed E-state index contributed by atoms with van der Waals surface area (Å²) in [4.78, 5) is 17.3. The van der Waals surface area contributed by atoms with E-state index in [1.807, 2.05) is 13.1 Å². The molecular weight excluding hydrogens is 256 g/mol. The van der Waals surface area contributed by atoms with E-state index in [2.05, 4.69) is 9.88 Å². The van der Waals surface area contributed by atoms with Gasteiger partial charge in [-0.05, 0) is 26.3 Å². The second kappa shape index (κ2) is 5.84. The van der Waals surface area contributed by atoms with Crippen molar-refractivity contribution in [2.45, 2.75) is 30.0 Å². The highest BCUT2D eigenvalue weighted by molar-refractivity contribution is 8.01. The summed E-state index contributed by atoms with van der Waals surface area (Å²) in [6.45, 7) is 3.76. The van der Waals surface area contributed by atoms with Gasteiger partial charge in [-0.15, -0.1) is 23.1 Å². The molecule has 0 radical (unpaired) electrons. The minimum atomic E-state index is -0.680. The normalized spacial score (nSPS) is 20.9. The van der Waals surface area contributed by atoms with Crippen molar-refractivity contribution in [1.82, 2.24) is 9.88 Å². The minimum absolute atomic E-state index is 0.265. The quantitative estimate of drug-likeness (QED) is 0.832. The van der Waals surface area contributed by atoms with Crippen molar-refractivity contribution in [3.05, 3.63) is 11.2 Å². The maximum atomic E-state index is 11.0. The predicted molar refractivity (Wildman–Crippen MR) is 69.8 cm³/mol. The summed E-state index contributed by atoms with van der Waals surface area (Å²) in [5.74, 6) is 0.256. The SMILES string of the molecule is Cc1ncc(SCCN2CCC[C@H]2C(=O)O)s1. The Morgan fingerprint density at radius 1 is 1.76 bits per heavy atom. The summed E-state index contributed by atoms with van der Waals surface area (Å²) < 4.78 is 1.22. The van der Waals surface area contributed by atoms with E-state index in [9.17, 15) is 4.79 Å². The fourth-order valence-electron chi connectivity index (χ4n) is 2.05. The van der Waals surface area contributed by atoms with Gasteiger partial charge in [0.1, 0.15) is 6.04 Å². The van der Waals surface area contributed by atoms with Crippen molar-refractivity contribution in [1.29, 1.82) is 0 Å². The number of carboxylic acids is 1. The summed E-state index contributed by atoms with van der Waals surface area (Å²) in [5, 5.41) is 10.1. The zero-order valence-corrected chi connectivity index (χ0v) is 11.4. The van der Waals surface area contributed by atoms with Gasteiger partial charge in [0.2, 0.25) is 0 Å². The molecule has 0 aromatic carbocycles. The van der Waals surface area contributed by atoms with E-state index < -0.39 is 5.97 Å². The number of aromatic nitrogens is 1. The Morgan fingerprint density at radius 2 is 2.59 bits per heavy atom. The number of thiazole rings is 1. The van der Waals surface area contributed by atoms with Gasteiger partial charge in [0.05, 0.1) is 15.4 Å². The highest BCUT2D eigenvalue weighted by Gasteiger charge is 2.29. The molecule has 94 valence electrons. The number of carboxylic acid groups (broad SMARTS) is 1. The second-order valence-electron chi connectivity index (χ2n) is 4.08. The molecule has 1 atom stereocenters. The first-order valence-electron chi connectivity index (χ1n) is 5.69. The molecule has 17 heavy (non-hydrogen) atoms. The van der Waals surface area contributed by atoms with Crippen LogP contribution in [0.15, 0.2) is 10.4 Å². The van der Waals surface area contributed by atoms with Crippen LogP contribution in [-0.4, -0.2) is 45.8 Å². The number of thioether (sulfide) groups is 1. The third kappa shape index (κ3) is 3.43. The summed E-state index contributed by atoms with van der Waals surface area (Å²) in [6, 6.07) is -0.265. The van der Waals surface area contributed by atoms with E-state index in [0.717, 1.165) is 36.7 Å². The van der Waals surface area contributed by atoms with Gasteiger partial charge in [-0.1, -0.05) is 0 Å². The molecule has 1 N–H and O–H groups in total. The van der Waals surface area contributed by atoms with Crippen LogP contribution in [0.25, 0.3) is 0 Å². The highest BCUT2D eigenvalue weighted by Crippen LogP contribution is 2.25. The number of carbonyl (C=O) groups is 1. The van der Waals surface area contributed by atoms with Gasteiger partial charge in [-0.3, -0.25) is 9.69 Å². The lowest BCUT2D eigenvalue weighted by atomic mass is 10.2. The molecule has 1 aliphatic heterocycles. The van der Waals surface area contributed by atoms with E-state index in [4.69, 9.17) is 5.11 Å². The molecule has 1 aliphatic rings. The number of nitrogens with zero attached hydrogens (tertiary/aromatic N) is 2. The average Bonchev–Trinajstić information content (AvgIpc) is 2.87. The van der Waals surface area contributed by atoms with Gasteiger partial charge < -0.3 is 5.11 Å². The fraction of sp³-hybridized carbons (Fsp3) is 0.636. The average molecular weight is 272 g/mol. The molecule has 1 fully saturated rings. The highest BCUT2D eigenvalue weighted by atomic mass is 32.2. The largest absolute Gasteiger partial charge is 0.480 e. The third-order valence-corrected chi connectivity index (χ3v) is 4.96. The fourth-order valence-corrected chi connectivity index (χ4v) is 4.05. The van der Waals surface area contributed by atoms with E-state index in [1.165, 1.54) is 4.21 Å². The summed E-state index contributed by atoms with van der Waals surface area (Å²) in [5.41, 5.74) is 0. The molecule has 1 aromatic heterocycles. The Morgan fingerprint density at radius 3 is 3.24 bits per heavy atom. The van der Waals surface area contributed by atoms with Crippen molar-refractivity contribution in [3.63, 3.8) is 0 Å². The van der Waals surface area contributed by atoms with Crippen molar-refractivity contribution < 1.29 is 9.90 Å². The Kier molecular flexibility index (Phi) is 4.42. The lowest BCUT2D eigenvalue weighted by Gasteiger charge is -2.20. The first-order chi connectivity index (χ1) is 8.16. The molecule has 0 saturated carbocycles. The minimum Gasteiger partial charge on any atom is -0.480 e. The molecular formula is C11H16N2O2S2. The molecule has 0 unspecified atom stereocenters. The van der Waals surface area contributed by atoms with Crippen LogP contribution < -0.4 is 0 Å². The monoisotopic (exact) mass is 272 g/mol. The number of hydrogen-bond donors (Lipinski definition) is 1. The number of likely N-dealkylation sites (tertiary alicyclic amines) is 1. The Bertz CT molecular complexity index is 395. The van der Waals surface area contributed by atoms with Crippen LogP contribution in [0.1, 0.15) is 17.8 Å². The smallest absolute Gasteiger partial charge is 0.320 e. The number of aliphatic carboxylic acids is 1. The Balaban J connectivity index is 1.76. The standard InChI is InChI=1S/C11H16N2O2S2/c1-8-12-7-10(17-8)16-6-5-13-4-2-3-9(13)11(14)15/h7,9H,2-6H2,1H3,(H,14,15)/t9-/m0/s1. The van der Waals surface area contributed by atoms with E-state index in [-0.39, 0.29) is 6.04 Å². The first kappa shape index (κ1) is 12.9. The summed E-state index contributed by atoms with van der Waals surface area (Å²) in [7, 11) is 0. The van der Waals surface area contributed by atoms with Crippen molar-refractivity contribution in [3.8, 4) is 0 Å². The van der Waals surface area contributed by atoms with Crippen LogP contribution in [0.2, 0.25) is 0 Å². The van der Waals surface area contributed by atoms with Gasteiger partial charge in [0.25, 0.3) is 0 Å². The van der Waals surface area contributed by atoms with E-state index >= 15 is 0 Å². The molecule has 0 bridgehead atoms. The van der Waals surface area contributed by atoms with Crippen LogP contribution in [0.5, 0.6) is 0 Å². The first-order valence-corrected chi connectivity index (χ1v) is 7.49. The predicted octanol–water partition coefficient (Wildman–Crippen LogP) is 2.09. The molecule has 4 nitrogen and oxygen atoms in total. The lowest BCUT2D eigenvalue weighted by molar-refractivity contribution is -0.142. The molecule has 2 heterocycles. The molecule has 6 heteroatoms. The molecule has 1 saturated heterocycles. The Labute approximate surface area is 109 Å². The molecule has 2 rings (SSSR count). The number of rotatable bonds is 5. The summed E-state index contributed by atoms with van der Waals surface area (Å²) >= 11 is 3.46. The van der Waals surface area contributed by atoms with Crippen LogP contribution in [0.4, 0.5) is 0 Å². The number of hydrogen-bond acceptors (Lipinski definition) is 5. The molecule has 0 aliphatic carbocycles. The van der Waals surface area contributed by atoms with Crippen LogP contribution in [-0.2, 0) is 4.79 Å².